The van der Waals surface area contributed by atoms with Crippen LogP contribution in [0.2, 0.25) is 0 Å². The zero-order valence-electron chi connectivity index (χ0n) is 42.9. The fourth-order valence-electron chi connectivity index (χ4n) is 10.2. The minimum Gasteiger partial charge on any atom is -0.477 e. The highest BCUT2D eigenvalue weighted by Gasteiger charge is 2.59. The van der Waals surface area contributed by atoms with Crippen molar-refractivity contribution in [3.8, 4) is 0 Å². The Bertz CT molecular complexity index is 1300. The third-order valence-corrected chi connectivity index (χ3v) is 14.9. The van der Waals surface area contributed by atoms with Crippen LogP contribution in [-0.2, 0) is 33.2 Å². The Labute approximate surface area is 418 Å². The van der Waals surface area contributed by atoms with Crippen molar-refractivity contribution in [3.05, 3.63) is 0 Å². The highest BCUT2D eigenvalue weighted by molar-refractivity contribution is 5.76. The lowest BCUT2D eigenvalue weighted by atomic mass is 9.84. The molecule has 3 saturated heterocycles. The molecule has 0 bridgehead atoms. The second kappa shape index (κ2) is 35.2. The van der Waals surface area contributed by atoms with Gasteiger partial charge in [-0.1, -0.05) is 175 Å². The summed E-state index contributed by atoms with van der Waals surface area (Å²) in [5.74, 6) is -5.50. The lowest BCUT2D eigenvalue weighted by molar-refractivity contribution is -0.388. The van der Waals surface area contributed by atoms with Crippen LogP contribution in [0.25, 0.3) is 0 Å². The Balaban J connectivity index is 1.62. The fourth-order valence-corrected chi connectivity index (χ4v) is 10.2. The maximum Gasteiger partial charge on any atom is 0.364 e. The van der Waals surface area contributed by atoms with Crippen LogP contribution in [-0.4, -0.2) is 180 Å². The third kappa shape index (κ3) is 20.5. The van der Waals surface area contributed by atoms with Crippen LogP contribution in [0.1, 0.15) is 194 Å². The second-order valence-corrected chi connectivity index (χ2v) is 20.7. The summed E-state index contributed by atoms with van der Waals surface area (Å²) in [4.78, 5) is 12.8. The van der Waals surface area contributed by atoms with E-state index in [0.717, 1.165) is 38.5 Å². The second-order valence-electron chi connectivity index (χ2n) is 20.7. The normalized spacial score (nSPS) is 32.6. The summed E-state index contributed by atoms with van der Waals surface area (Å²) in [5, 5.41) is 118. The molecule has 18 nitrogen and oxygen atoms in total. The van der Waals surface area contributed by atoms with Gasteiger partial charge in [0.25, 0.3) is 5.79 Å². The quantitative estimate of drug-likeness (QED) is 0.0371. The average molecular weight is 1010 g/mol. The van der Waals surface area contributed by atoms with Gasteiger partial charge in [-0.2, -0.15) is 0 Å². The minimum absolute atomic E-state index is 0.176. The van der Waals surface area contributed by atoms with Crippen molar-refractivity contribution in [3.63, 3.8) is 0 Å². The van der Waals surface area contributed by atoms with Gasteiger partial charge in [-0.05, 0) is 18.8 Å². The number of unbranched alkanes of at least 4 members (excludes halogenated alkanes) is 22. The summed E-state index contributed by atoms with van der Waals surface area (Å²) in [5.41, 5.74) is 0. The number of ether oxygens (including phenoxy) is 6. The lowest BCUT2D eigenvalue weighted by Gasteiger charge is -2.50. The van der Waals surface area contributed by atoms with E-state index >= 15 is 0 Å². The summed E-state index contributed by atoms with van der Waals surface area (Å²) in [6, 6.07) is 0. The number of carboxylic acids is 1. The molecule has 0 aromatic carbocycles. The van der Waals surface area contributed by atoms with Gasteiger partial charge in [0, 0.05) is 12.3 Å². The van der Waals surface area contributed by atoms with E-state index in [9.17, 15) is 61.0 Å². The molecule has 0 spiro atoms. The topological polar surface area (TPSA) is 295 Å². The monoisotopic (exact) mass is 1010 g/mol. The molecule has 11 N–H and O–H groups in total. The van der Waals surface area contributed by atoms with Crippen molar-refractivity contribution in [2.24, 2.45) is 11.8 Å². The molecule has 0 aromatic heterocycles. The van der Waals surface area contributed by atoms with Crippen LogP contribution in [0.3, 0.4) is 0 Å². The predicted molar refractivity (Wildman–Crippen MR) is 260 cm³/mol. The van der Waals surface area contributed by atoms with Gasteiger partial charge in [-0.25, -0.2) is 4.79 Å². The minimum atomic E-state index is -2.86. The van der Waals surface area contributed by atoms with Crippen molar-refractivity contribution in [2.45, 2.75) is 286 Å². The van der Waals surface area contributed by atoms with E-state index in [4.69, 9.17) is 28.4 Å². The highest BCUT2D eigenvalue weighted by atomic mass is 16.8. The molecule has 0 aliphatic carbocycles. The Morgan fingerprint density at radius 2 is 1.06 bits per heavy atom. The summed E-state index contributed by atoms with van der Waals surface area (Å²) >= 11 is 0. The van der Waals surface area contributed by atoms with E-state index in [1.807, 2.05) is 0 Å². The highest BCUT2D eigenvalue weighted by Crippen LogP contribution is 2.40. The number of hydrogen-bond donors (Lipinski definition) is 11. The molecule has 3 heterocycles. The van der Waals surface area contributed by atoms with E-state index in [1.165, 1.54) is 135 Å². The summed E-state index contributed by atoms with van der Waals surface area (Å²) in [7, 11) is 0. The van der Waals surface area contributed by atoms with Gasteiger partial charge >= 0.3 is 5.97 Å². The summed E-state index contributed by atoms with van der Waals surface area (Å²) in [6.45, 7) is 3.59. The van der Waals surface area contributed by atoms with Crippen LogP contribution in [0.4, 0.5) is 0 Å². The fraction of sp³-hybridized carbons (Fsp3) is 0.981. The van der Waals surface area contributed by atoms with Gasteiger partial charge in [0.1, 0.15) is 61.0 Å². The molecule has 414 valence electrons. The van der Waals surface area contributed by atoms with E-state index < -0.39 is 130 Å². The molecule has 3 aliphatic rings. The molecule has 3 aliphatic heterocycles. The molecule has 3 rings (SSSR count). The van der Waals surface area contributed by atoms with Gasteiger partial charge in [0.2, 0.25) is 0 Å². The molecule has 6 unspecified atom stereocenters. The number of aliphatic hydroxyl groups is 10. The number of carboxylic acid groups (broad SMARTS) is 1. The Morgan fingerprint density at radius 1 is 0.600 bits per heavy atom. The zero-order chi connectivity index (χ0) is 51.5. The summed E-state index contributed by atoms with van der Waals surface area (Å²) in [6.07, 6.45) is 7.01. The first kappa shape index (κ1) is 63.1. The zero-order valence-corrected chi connectivity index (χ0v) is 42.9. The van der Waals surface area contributed by atoms with E-state index in [2.05, 4.69) is 13.8 Å². The van der Waals surface area contributed by atoms with Crippen molar-refractivity contribution < 1.29 is 89.4 Å². The predicted octanol–water partition coefficient (Wildman–Crippen LogP) is 4.73. The molecular formula is C52H98O18. The smallest absolute Gasteiger partial charge is 0.364 e. The van der Waals surface area contributed by atoms with E-state index in [0.29, 0.717) is 0 Å². The molecule has 18 heteroatoms. The number of hydrogen-bond acceptors (Lipinski definition) is 17. The number of aliphatic carboxylic acids is 1. The van der Waals surface area contributed by atoms with Crippen LogP contribution in [0.15, 0.2) is 0 Å². The van der Waals surface area contributed by atoms with Crippen molar-refractivity contribution in [1.29, 1.82) is 0 Å². The van der Waals surface area contributed by atoms with Crippen molar-refractivity contribution >= 4 is 5.97 Å². The standard InChI is InChI=1S/C52H98O18/c1-4-6-8-10-12-14-16-18-20-22-24-26-28-36(29-27-25-23-21-19-17-15-13-11-9-7-5-2)34-65-49-44(61)43(60)47(40(33-55)67-49)68-50-45(62)48(42(59)39(32-54)66-50)70-52(51(63)64)30-37(56)35(3)46(69-52)41(58)38(57)31-53/h35-50,53-62H,4-34H2,1-3H3,(H,63,64)/t35-,37?,38-,39?,40?,41-,42+,43?,44?,45?,46-,47-,48+,49-,50+,52+/m1/s1. The molecule has 70 heavy (non-hydrogen) atoms. The third-order valence-electron chi connectivity index (χ3n) is 14.9. The molecule has 0 amide bonds. The number of carbonyl (C=O) groups is 1. The Hall–Kier alpha value is -1.17. The van der Waals surface area contributed by atoms with Crippen LogP contribution in [0.5, 0.6) is 0 Å². The lowest BCUT2D eigenvalue weighted by Crippen LogP contribution is -2.68. The molecule has 3 fully saturated rings. The maximum absolute atomic E-state index is 12.8. The van der Waals surface area contributed by atoms with Crippen LogP contribution < -0.4 is 0 Å². The Morgan fingerprint density at radius 3 is 1.50 bits per heavy atom. The largest absolute Gasteiger partial charge is 0.477 e. The summed E-state index contributed by atoms with van der Waals surface area (Å²) < 4.78 is 35.2. The molecular weight excluding hydrogens is 913 g/mol. The van der Waals surface area contributed by atoms with Crippen molar-refractivity contribution in [2.75, 3.05) is 26.4 Å². The van der Waals surface area contributed by atoms with E-state index in [1.54, 1.807) is 0 Å². The van der Waals surface area contributed by atoms with Gasteiger partial charge in [-0.15, -0.1) is 0 Å². The maximum atomic E-state index is 12.8. The number of aliphatic hydroxyl groups excluding tert-OH is 10. The van der Waals surface area contributed by atoms with Gasteiger partial charge in [0.05, 0.1) is 38.6 Å². The molecule has 0 radical (unpaired) electrons. The molecule has 0 aromatic rings. The van der Waals surface area contributed by atoms with Crippen LogP contribution in [0, 0.1) is 11.8 Å². The average Bonchev–Trinajstić information content (AvgIpc) is 3.35. The van der Waals surface area contributed by atoms with Crippen LogP contribution >= 0.6 is 0 Å². The number of rotatable bonds is 39. The SMILES string of the molecule is CCCCCCCCCCCCCCC(CCCCCCCCCCCCCC)CO[C@@H]1OC(CO)[C@@H](O[C@@H]2OC(CO)[C@H](O)[C@H](O[C@]3(C(=O)O)CC(O)[C@@H](C)[C@H]([C@H](O)[C@H](O)CO)O3)C2O)C(O)C1O. The van der Waals surface area contributed by atoms with Gasteiger partial charge in [0.15, 0.2) is 12.6 Å². The van der Waals surface area contributed by atoms with Gasteiger partial charge in [-0.3, -0.25) is 0 Å². The van der Waals surface area contributed by atoms with Gasteiger partial charge < -0.3 is 84.6 Å². The van der Waals surface area contributed by atoms with Crippen molar-refractivity contribution in [1.82, 2.24) is 0 Å². The van der Waals surface area contributed by atoms with E-state index in [-0.39, 0.29) is 12.5 Å². The first-order valence-electron chi connectivity index (χ1n) is 27.5. The molecule has 0 saturated carbocycles. The Kier molecular flexibility index (Phi) is 31.7. The first-order chi connectivity index (χ1) is 33.7. The molecule has 16 atom stereocenters. The first-order valence-corrected chi connectivity index (χ1v) is 27.5.